The molecule has 0 saturated heterocycles. The summed E-state index contributed by atoms with van der Waals surface area (Å²) in [5.74, 6) is 2.40. The SMILES string of the molecule is Cc1nn(C)c(Oc2ccccc2C(C)C)c1CCl. The normalized spacial score (nSPS) is 11.1. The van der Waals surface area contributed by atoms with E-state index in [-0.39, 0.29) is 0 Å². The molecule has 2 rings (SSSR count). The molecule has 4 heteroatoms. The molecule has 0 aliphatic rings. The quantitative estimate of drug-likeness (QED) is 0.776. The third kappa shape index (κ3) is 2.76. The molecule has 102 valence electrons. The second-order valence-electron chi connectivity index (χ2n) is 4.92. The summed E-state index contributed by atoms with van der Waals surface area (Å²) in [6, 6.07) is 8.07. The molecule has 0 aliphatic carbocycles. The fourth-order valence-electron chi connectivity index (χ4n) is 2.12. The van der Waals surface area contributed by atoms with E-state index in [4.69, 9.17) is 16.3 Å². The standard InChI is InChI=1S/C15H19ClN2O/c1-10(2)12-7-5-6-8-14(12)19-15-13(9-16)11(3)17-18(15)4/h5-8,10H,9H2,1-4H3. The molecule has 1 heterocycles. The van der Waals surface area contributed by atoms with E-state index < -0.39 is 0 Å². The minimum Gasteiger partial charge on any atom is -0.439 e. The van der Waals surface area contributed by atoms with Crippen LogP contribution in [0.4, 0.5) is 0 Å². The Kier molecular flexibility index (Phi) is 4.15. The molecule has 0 unspecified atom stereocenters. The van der Waals surface area contributed by atoms with Crippen molar-refractivity contribution >= 4 is 11.6 Å². The van der Waals surface area contributed by atoms with Crippen LogP contribution in [0.2, 0.25) is 0 Å². The number of rotatable bonds is 4. The molecule has 2 aromatic rings. The number of hydrogen-bond acceptors (Lipinski definition) is 2. The van der Waals surface area contributed by atoms with Gasteiger partial charge in [0, 0.05) is 7.05 Å². The number of alkyl halides is 1. The zero-order valence-electron chi connectivity index (χ0n) is 11.8. The molecule has 0 aliphatic heterocycles. The average Bonchev–Trinajstić information content (AvgIpc) is 2.64. The second kappa shape index (κ2) is 5.66. The fourth-order valence-corrected chi connectivity index (χ4v) is 2.42. The van der Waals surface area contributed by atoms with Gasteiger partial charge in [0.25, 0.3) is 0 Å². The molecule has 1 aromatic carbocycles. The lowest BCUT2D eigenvalue weighted by Crippen LogP contribution is -1.99. The van der Waals surface area contributed by atoms with Gasteiger partial charge in [-0.25, -0.2) is 4.68 Å². The molecule has 0 saturated carbocycles. The van der Waals surface area contributed by atoms with Gasteiger partial charge in [0.1, 0.15) is 5.75 Å². The van der Waals surface area contributed by atoms with Crippen LogP contribution in [0.3, 0.4) is 0 Å². The molecule has 0 radical (unpaired) electrons. The van der Waals surface area contributed by atoms with E-state index in [1.54, 1.807) is 4.68 Å². The van der Waals surface area contributed by atoms with Crippen LogP contribution in [0.15, 0.2) is 24.3 Å². The lowest BCUT2D eigenvalue weighted by molar-refractivity contribution is 0.421. The summed E-state index contributed by atoms with van der Waals surface area (Å²) in [6.07, 6.45) is 0. The maximum Gasteiger partial charge on any atom is 0.222 e. The minimum absolute atomic E-state index is 0.402. The zero-order chi connectivity index (χ0) is 14.0. The third-order valence-corrected chi connectivity index (χ3v) is 3.44. The lowest BCUT2D eigenvalue weighted by Gasteiger charge is -2.14. The maximum atomic E-state index is 6.06. The number of aromatic nitrogens is 2. The van der Waals surface area contributed by atoms with Crippen molar-refractivity contribution < 1.29 is 4.74 Å². The molecule has 3 nitrogen and oxygen atoms in total. The molecule has 19 heavy (non-hydrogen) atoms. The van der Waals surface area contributed by atoms with Crippen LogP contribution < -0.4 is 4.74 Å². The van der Waals surface area contributed by atoms with Crippen molar-refractivity contribution in [3.8, 4) is 11.6 Å². The van der Waals surface area contributed by atoms with Crippen molar-refractivity contribution in [2.75, 3.05) is 0 Å². The molecule has 0 spiro atoms. The first-order valence-corrected chi connectivity index (χ1v) is 6.93. The highest BCUT2D eigenvalue weighted by atomic mass is 35.5. The number of aryl methyl sites for hydroxylation is 2. The summed E-state index contributed by atoms with van der Waals surface area (Å²) in [6.45, 7) is 6.25. The van der Waals surface area contributed by atoms with E-state index in [1.165, 1.54) is 5.56 Å². The largest absolute Gasteiger partial charge is 0.439 e. The van der Waals surface area contributed by atoms with Gasteiger partial charge in [-0.1, -0.05) is 32.0 Å². The summed E-state index contributed by atoms with van der Waals surface area (Å²) >= 11 is 5.99. The van der Waals surface area contributed by atoms with Crippen LogP contribution in [0.25, 0.3) is 0 Å². The monoisotopic (exact) mass is 278 g/mol. The minimum atomic E-state index is 0.402. The Morgan fingerprint density at radius 1 is 1.32 bits per heavy atom. The fraction of sp³-hybridized carbons (Fsp3) is 0.400. The molecular weight excluding hydrogens is 260 g/mol. The number of para-hydroxylation sites is 1. The van der Waals surface area contributed by atoms with Crippen LogP contribution in [0.5, 0.6) is 11.6 Å². The van der Waals surface area contributed by atoms with Crippen molar-refractivity contribution in [2.45, 2.75) is 32.6 Å². The Bertz CT molecular complexity index is 576. The van der Waals surface area contributed by atoms with E-state index in [0.717, 1.165) is 22.9 Å². The molecule has 0 amide bonds. The van der Waals surface area contributed by atoms with Crippen molar-refractivity contribution in [2.24, 2.45) is 7.05 Å². The van der Waals surface area contributed by atoms with Gasteiger partial charge in [0.15, 0.2) is 0 Å². The Balaban J connectivity index is 2.42. The Morgan fingerprint density at radius 3 is 2.63 bits per heavy atom. The Morgan fingerprint density at radius 2 is 2.00 bits per heavy atom. The lowest BCUT2D eigenvalue weighted by atomic mass is 10.0. The number of halogens is 1. The van der Waals surface area contributed by atoms with Crippen LogP contribution in [-0.4, -0.2) is 9.78 Å². The van der Waals surface area contributed by atoms with Crippen LogP contribution >= 0.6 is 11.6 Å². The van der Waals surface area contributed by atoms with Crippen molar-refractivity contribution in [1.82, 2.24) is 9.78 Å². The van der Waals surface area contributed by atoms with Crippen LogP contribution in [0.1, 0.15) is 36.6 Å². The molecule has 0 bridgehead atoms. The predicted molar refractivity (Wildman–Crippen MR) is 78.1 cm³/mol. The molecule has 0 atom stereocenters. The highest BCUT2D eigenvalue weighted by Gasteiger charge is 2.16. The van der Waals surface area contributed by atoms with Gasteiger partial charge in [0.2, 0.25) is 5.88 Å². The summed E-state index contributed by atoms with van der Waals surface area (Å²) in [7, 11) is 1.87. The van der Waals surface area contributed by atoms with Crippen LogP contribution in [-0.2, 0) is 12.9 Å². The number of hydrogen-bond donors (Lipinski definition) is 0. The van der Waals surface area contributed by atoms with Crippen LogP contribution in [0, 0.1) is 6.92 Å². The van der Waals surface area contributed by atoms with E-state index in [0.29, 0.717) is 11.8 Å². The first-order chi connectivity index (χ1) is 9.04. The molecule has 1 aromatic heterocycles. The Labute approximate surface area is 119 Å². The summed E-state index contributed by atoms with van der Waals surface area (Å²) in [5.41, 5.74) is 3.04. The van der Waals surface area contributed by atoms with Gasteiger partial charge >= 0.3 is 0 Å². The van der Waals surface area contributed by atoms with Gasteiger partial charge < -0.3 is 4.74 Å². The smallest absolute Gasteiger partial charge is 0.222 e. The highest BCUT2D eigenvalue weighted by Crippen LogP contribution is 2.33. The first-order valence-electron chi connectivity index (χ1n) is 6.39. The van der Waals surface area contributed by atoms with E-state index in [2.05, 4.69) is 25.0 Å². The topological polar surface area (TPSA) is 27.1 Å². The van der Waals surface area contributed by atoms with Crippen molar-refractivity contribution in [1.29, 1.82) is 0 Å². The van der Waals surface area contributed by atoms with Crippen molar-refractivity contribution in [3.05, 3.63) is 41.1 Å². The van der Waals surface area contributed by atoms with E-state index >= 15 is 0 Å². The van der Waals surface area contributed by atoms with Gasteiger partial charge in [-0.3, -0.25) is 0 Å². The summed E-state index contributed by atoms with van der Waals surface area (Å²) in [5, 5.41) is 4.36. The highest BCUT2D eigenvalue weighted by molar-refractivity contribution is 6.17. The Hall–Kier alpha value is -1.48. The number of nitrogens with zero attached hydrogens (tertiary/aromatic N) is 2. The number of ether oxygens (including phenoxy) is 1. The first kappa shape index (κ1) is 13.9. The second-order valence-corrected chi connectivity index (χ2v) is 5.19. The molecule has 0 fully saturated rings. The van der Waals surface area contributed by atoms with Gasteiger partial charge in [-0.2, -0.15) is 5.10 Å². The number of benzene rings is 1. The predicted octanol–water partition coefficient (Wildman–Crippen LogP) is 4.38. The summed E-state index contributed by atoms with van der Waals surface area (Å²) in [4.78, 5) is 0. The van der Waals surface area contributed by atoms with Crippen molar-refractivity contribution in [3.63, 3.8) is 0 Å². The van der Waals surface area contributed by atoms with Gasteiger partial charge in [-0.05, 0) is 24.5 Å². The van der Waals surface area contributed by atoms with E-state index in [9.17, 15) is 0 Å². The molecule has 0 N–H and O–H groups in total. The van der Waals surface area contributed by atoms with Gasteiger partial charge in [0.05, 0.1) is 17.1 Å². The third-order valence-electron chi connectivity index (χ3n) is 3.17. The van der Waals surface area contributed by atoms with Gasteiger partial charge in [-0.15, -0.1) is 11.6 Å². The average molecular weight is 279 g/mol. The maximum absolute atomic E-state index is 6.06. The summed E-state index contributed by atoms with van der Waals surface area (Å²) < 4.78 is 7.80. The molecular formula is C15H19ClN2O. The zero-order valence-corrected chi connectivity index (χ0v) is 12.5. The van der Waals surface area contributed by atoms with E-state index in [1.807, 2.05) is 32.2 Å².